The third kappa shape index (κ3) is 2.98. The first-order valence-electron chi connectivity index (χ1n) is 3.94. The number of carbonyl (C=O) groups is 1. The van der Waals surface area contributed by atoms with Gasteiger partial charge in [-0.05, 0) is 12.1 Å². The SMILES string of the molecule is O=C(O)/C=C/S(=O)(=O)c1c(Cl)cccc1Cl. The number of benzene rings is 1. The van der Waals surface area contributed by atoms with Gasteiger partial charge in [-0.1, -0.05) is 29.3 Å². The lowest BCUT2D eigenvalue weighted by atomic mass is 10.4. The number of carboxylic acids is 1. The number of aliphatic carboxylic acids is 1. The van der Waals surface area contributed by atoms with Crippen LogP contribution in [0.5, 0.6) is 0 Å². The predicted octanol–water partition coefficient (Wildman–Crippen LogP) is 2.37. The molecule has 0 heterocycles. The van der Waals surface area contributed by atoms with Gasteiger partial charge in [0.15, 0.2) is 0 Å². The molecule has 0 aliphatic rings. The summed E-state index contributed by atoms with van der Waals surface area (Å²) in [6, 6.07) is 4.20. The lowest BCUT2D eigenvalue weighted by molar-refractivity contribution is -0.131. The van der Waals surface area contributed by atoms with Gasteiger partial charge in [-0.15, -0.1) is 0 Å². The Labute approximate surface area is 102 Å². The van der Waals surface area contributed by atoms with E-state index in [2.05, 4.69) is 0 Å². The summed E-state index contributed by atoms with van der Waals surface area (Å²) in [5, 5.41) is 8.78. The molecule has 0 saturated heterocycles. The number of carboxylic acid groups (broad SMARTS) is 1. The highest BCUT2D eigenvalue weighted by Gasteiger charge is 2.18. The minimum absolute atomic E-state index is 0.0532. The summed E-state index contributed by atoms with van der Waals surface area (Å²) in [6.07, 6.45) is 0.509. The standard InChI is InChI=1S/C9H6Cl2O4S/c10-6-2-1-3-7(11)9(6)16(14,15)5-4-8(12)13/h1-5H,(H,12,13)/b5-4+. The topological polar surface area (TPSA) is 71.4 Å². The zero-order chi connectivity index (χ0) is 12.3. The van der Waals surface area contributed by atoms with Crippen molar-refractivity contribution in [1.82, 2.24) is 0 Å². The van der Waals surface area contributed by atoms with Crippen molar-refractivity contribution < 1.29 is 18.3 Å². The molecule has 0 aliphatic carbocycles. The Bertz CT molecular complexity index is 528. The van der Waals surface area contributed by atoms with Gasteiger partial charge in [0, 0.05) is 11.5 Å². The van der Waals surface area contributed by atoms with E-state index in [9.17, 15) is 13.2 Å². The molecule has 0 radical (unpaired) electrons. The van der Waals surface area contributed by atoms with Crippen LogP contribution in [0.3, 0.4) is 0 Å². The molecule has 1 N–H and O–H groups in total. The lowest BCUT2D eigenvalue weighted by Gasteiger charge is -2.03. The van der Waals surface area contributed by atoms with Crippen LogP contribution in [-0.2, 0) is 14.6 Å². The Morgan fingerprint density at radius 3 is 2.19 bits per heavy atom. The zero-order valence-electron chi connectivity index (χ0n) is 7.72. The van der Waals surface area contributed by atoms with E-state index in [1.54, 1.807) is 0 Å². The first kappa shape index (κ1) is 13.0. The summed E-state index contributed by atoms with van der Waals surface area (Å²) in [4.78, 5) is 9.93. The molecule has 0 aliphatic heterocycles. The average Bonchev–Trinajstić information content (AvgIpc) is 2.14. The summed E-state index contributed by atoms with van der Waals surface area (Å²) < 4.78 is 23.3. The highest BCUT2D eigenvalue weighted by atomic mass is 35.5. The molecule has 4 nitrogen and oxygen atoms in total. The Balaban J connectivity index is 3.34. The van der Waals surface area contributed by atoms with E-state index in [4.69, 9.17) is 28.3 Å². The van der Waals surface area contributed by atoms with Crippen LogP contribution in [0.4, 0.5) is 0 Å². The Morgan fingerprint density at radius 1 is 1.25 bits per heavy atom. The largest absolute Gasteiger partial charge is 0.478 e. The normalized spacial score (nSPS) is 11.9. The summed E-state index contributed by atoms with van der Waals surface area (Å²) in [6.45, 7) is 0. The van der Waals surface area contributed by atoms with Crippen molar-refractivity contribution in [3.05, 3.63) is 39.7 Å². The molecule has 0 amide bonds. The molecule has 0 aromatic heterocycles. The van der Waals surface area contributed by atoms with E-state index < -0.39 is 15.8 Å². The first-order chi connectivity index (χ1) is 7.34. The van der Waals surface area contributed by atoms with Crippen molar-refractivity contribution in [1.29, 1.82) is 0 Å². The third-order valence-electron chi connectivity index (χ3n) is 1.59. The molecule has 0 unspecified atom stereocenters. The molecule has 16 heavy (non-hydrogen) atoms. The van der Waals surface area contributed by atoms with Gasteiger partial charge in [0.05, 0.1) is 10.0 Å². The van der Waals surface area contributed by atoms with E-state index in [0.29, 0.717) is 11.5 Å². The zero-order valence-corrected chi connectivity index (χ0v) is 10.1. The average molecular weight is 281 g/mol. The third-order valence-corrected chi connectivity index (χ3v) is 3.95. The number of hydrogen-bond donors (Lipinski definition) is 1. The molecule has 0 atom stereocenters. The van der Waals surface area contributed by atoms with Gasteiger partial charge in [0.25, 0.3) is 0 Å². The minimum Gasteiger partial charge on any atom is -0.478 e. The van der Waals surface area contributed by atoms with Gasteiger partial charge in [-0.3, -0.25) is 0 Å². The van der Waals surface area contributed by atoms with E-state index in [-0.39, 0.29) is 14.9 Å². The van der Waals surface area contributed by atoms with Gasteiger partial charge < -0.3 is 5.11 Å². The Morgan fingerprint density at radius 2 is 1.75 bits per heavy atom. The van der Waals surface area contributed by atoms with E-state index >= 15 is 0 Å². The highest BCUT2D eigenvalue weighted by Crippen LogP contribution is 2.30. The molecule has 0 saturated carbocycles. The molecule has 1 aromatic carbocycles. The van der Waals surface area contributed by atoms with Crippen molar-refractivity contribution in [2.24, 2.45) is 0 Å². The second kappa shape index (κ2) is 4.86. The minimum atomic E-state index is -3.94. The maximum Gasteiger partial charge on any atom is 0.329 e. The molecule has 0 spiro atoms. The fraction of sp³-hybridized carbons (Fsp3) is 0. The molecular formula is C9H6Cl2O4S. The first-order valence-corrected chi connectivity index (χ1v) is 6.25. The van der Waals surface area contributed by atoms with Crippen molar-refractivity contribution in [2.75, 3.05) is 0 Å². The molecule has 0 bridgehead atoms. The predicted molar refractivity (Wildman–Crippen MR) is 60.4 cm³/mol. The second-order valence-corrected chi connectivity index (χ2v) is 5.32. The van der Waals surface area contributed by atoms with Gasteiger partial charge in [-0.25, -0.2) is 13.2 Å². The van der Waals surface area contributed by atoms with Crippen LogP contribution in [0.2, 0.25) is 10.0 Å². The maximum atomic E-state index is 11.7. The van der Waals surface area contributed by atoms with Crippen molar-refractivity contribution in [3.63, 3.8) is 0 Å². The number of hydrogen-bond acceptors (Lipinski definition) is 3. The maximum absolute atomic E-state index is 11.7. The summed E-state index contributed by atoms with van der Waals surface area (Å²) in [5.41, 5.74) is 0. The van der Waals surface area contributed by atoms with Crippen molar-refractivity contribution in [3.8, 4) is 0 Å². The van der Waals surface area contributed by atoms with Gasteiger partial charge in [0.2, 0.25) is 9.84 Å². The summed E-state index contributed by atoms with van der Waals surface area (Å²) in [7, 11) is -3.94. The van der Waals surface area contributed by atoms with Crippen LogP contribution in [0.25, 0.3) is 0 Å². The van der Waals surface area contributed by atoms with Gasteiger partial charge in [-0.2, -0.15) is 0 Å². The van der Waals surface area contributed by atoms with E-state index in [1.807, 2.05) is 0 Å². The molecule has 1 aromatic rings. The fourth-order valence-electron chi connectivity index (χ4n) is 0.970. The fourth-order valence-corrected chi connectivity index (χ4v) is 3.12. The van der Waals surface area contributed by atoms with Gasteiger partial charge in [0.1, 0.15) is 4.90 Å². The summed E-state index contributed by atoms with van der Waals surface area (Å²) >= 11 is 11.4. The van der Waals surface area contributed by atoms with Crippen molar-refractivity contribution >= 4 is 39.0 Å². The van der Waals surface area contributed by atoms with Crippen molar-refractivity contribution in [2.45, 2.75) is 4.90 Å². The monoisotopic (exact) mass is 280 g/mol. The molecule has 86 valence electrons. The van der Waals surface area contributed by atoms with Crippen LogP contribution >= 0.6 is 23.2 Å². The number of rotatable bonds is 3. The van der Waals surface area contributed by atoms with Crippen LogP contribution in [-0.4, -0.2) is 19.5 Å². The molecule has 7 heteroatoms. The Hall–Kier alpha value is -1.04. The molecular weight excluding hydrogens is 275 g/mol. The quantitative estimate of drug-likeness (QED) is 0.863. The van der Waals surface area contributed by atoms with Crippen LogP contribution < -0.4 is 0 Å². The molecule has 0 fully saturated rings. The van der Waals surface area contributed by atoms with Crippen LogP contribution in [0, 0.1) is 0 Å². The number of halogens is 2. The second-order valence-electron chi connectivity index (χ2n) is 2.74. The lowest BCUT2D eigenvalue weighted by Crippen LogP contribution is -2.00. The smallest absolute Gasteiger partial charge is 0.329 e. The van der Waals surface area contributed by atoms with Crippen LogP contribution in [0.15, 0.2) is 34.6 Å². The van der Waals surface area contributed by atoms with E-state index in [1.165, 1.54) is 18.2 Å². The highest BCUT2D eigenvalue weighted by molar-refractivity contribution is 7.94. The molecule has 1 rings (SSSR count). The Kier molecular flexibility index (Phi) is 3.96. The van der Waals surface area contributed by atoms with Crippen LogP contribution in [0.1, 0.15) is 0 Å². The van der Waals surface area contributed by atoms with Gasteiger partial charge >= 0.3 is 5.97 Å². The summed E-state index contributed by atoms with van der Waals surface area (Å²) in [5.74, 6) is -1.37. The van der Waals surface area contributed by atoms with E-state index in [0.717, 1.165) is 0 Å². The number of sulfone groups is 1.